The number of amides is 1. The summed E-state index contributed by atoms with van der Waals surface area (Å²) in [7, 11) is 0. The van der Waals surface area contributed by atoms with Crippen LogP contribution in [0.5, 0.6) is 0 Å². The Labute approximate surface area is 104 Å². The summed E-state index contributed by atoms with van der Waals surface area (Å²) in [4.78, 5) is 11.2. The molecule has 0 saturated heterocycles. The molecule has 0 spiro atoms. The quantitative estimate of drug-likeness (QED) is 0.818. The predicted molar refractivity (Wildman–Crippen MR) is 70.9 cm³/mol. The van der Waals surface area contributed by atoms with Gasteiger partial charge >= 0.3 is 0 Å². The summed E-state index contributed by atoms with van der Waals surface area (Å²) in [5.41, 5.74) is 1.09. The molecule has 0 radical (unpaired) electrons. The molecule has 15 heavy (non-hydrogen) atoms. The Bertz CT molecular complexity index is 328. The van der Waals surface area contributed by atoms with E-state index in [1.54, 1.807) is 0 Å². The zero-order valence-corrected chi connectivity index (χ0v) is 10.9. The number of nitrogens with one attached hydrogen (secondary N) is 2. The van der Waals surface area contributed by atoms with E-state index in [0.717, 1.165) is 5.69 Å². The van der Waals surface area contributed by atoms with E-state index in [4.69, 9.17) is 0 Å². The highest BCUT2D eigenvalue weighted by atomic mass is 127. The lowest BCUT2D eigenvalue weighted by atomic mass is 10.3. The standard InChI is InChI=1S/C11H15IN2O/c1-2-13-11(15)7-8-14-10-6-4-3-5-9(10)12/h3-6,14H,2,7-8H2,1H3,(H,13,15). The van der Waals surface area contributed by atoms with Crippen LogP contribution in [0.1, 0.15) is 13.3 Å². The first-order valence-electron chi connectivity index (χ1n) is 4.99. The van der Waals surface area contributed by atoms with E-state index in [1.165, 1.54) is 3.57 Å². The first-order valence-corrected chi connectivity index (χ1v) is 6.07. The van der Waals surface area contributed by atoms with Crippen LogP contribution in [-0.4, -0.2) is 19.0 Å². The van der Waals surface area contributed by atoms with Gasteiger partial charge in [0.15, 0.2) is 0 Å². The molecule has 0 aromatic heterocycles. The molecule has 1 amide bonds. The number of halogens is 1. The third kappa shape index (κ3) is 4.51. The van der Waals surface area contributed by atoms with Gasteiger partial charge in [0.05, 0.1) is 0 Å². The van der Waals surface area contributed by atoms with Crippen LogP contribution < -0.4 is 10.6 Å². The molecular weight excluding hydrogens is 303 g/mol. The fourth-order valence-corrected chi connectivity index (χ4v) is 1.78. The van der Waals surface area contributed by atoms with Crippen molar-refractivity contribution in [3.63, 3.8) is 0 Å². The molecule has 2 N–H and O–H groups in total. The van der Waals surface area contributed by atoms with Gasteiger partial charge in [-0.3, -0.25) is 4.79 Å². The third-order valence-electron chi connectivity index (χ3n) is 1.92. The molecule has 0 bridgehead atoms. The van der Waals surface area contributed by atoms with Crippen LogP contribution in [0.2, 0.25) is 0 Å². The number of carbonyl (C=O) groups excluding carboxylic acids is 1. The Morgan fingerprint density at radius 1 is 1.40 bits per heavy atom. The topological polar surface area (TPSA) is 41.1 Å². The highest BCUT2D eigenvalue weighted by molar-refractivity contribution is 14.1. The van der Waals surface area contributed by atoms with Gasteiger partial charge < -0.3 is 10.6 Å². The number of para-hydroxylation sites is 1. The largest absolute Gasteiger partial charge is 0.384 e. The summed E-state index contributed by atoms with van der Waals surface area (Å²) in [6.07, 6.45) is 0.513. The molecular formula is C11H15IN2O. The highest BCUT2D eigenvalue weighted by Crippen LogP contribution is 2.16. The normalized spacial score (nSPS) is 9.73. The van der Waals surface area contributed by atoms with E-state index in [1.807, 2.05) is 31.2 Å². The van der Waals surface area contributed by atoms with Crippen molar-refractivity contribution in [3.05, 3.63) is 27.8 Å². The maximum atomic E-state index is 11.2. The minimum Gasteiger partial charge on any atom is -0.384 e. The summed E-state index contributed by atoms with van der Waals surface area (Å²) in [5, 5.41) is 6.00. The van der Waals surface area contributed by atoms with Gasteiger partial charge in [0, 0.05) is 28.8 Å². The van der Waals surface area contributed by atoms with Crippen molar-refractivity contribution in [3.8, 4) is 0 Å². The van der Waals surface area contributed by atoms with Crippen LogP contribution in [0.15, 0.2) is 24.3 Å². The molecule has 0 atom stereocenters. The van der Waals surface area contributed by atoms with E-state index >= 15 is 0 Å². The maximum absolute atomic E-state index is 11.2. The average Bonchev–Trinajstić information content (AvgIpc) is 2.21. The number of rotatable bonds is 5. The number of hydrogen-bond donors (Lipinski definition) is 2. The molecule has 4 heteroatoms. The molecule has 0 fully saturated rings. The Morgan fingerprint density at radius 2 is 2.13 bits per heavy atom. The van der Waals surface area contributed by atoms with Gasteiger partial charge in [-0.15, -0.1) is 0 Å². The minimum absolute atomic E-state index is 0.0935. The van der Waals surface area contributed by atoms with Crippen molar-refractivity contribution < 1.29 is 4.79 Å². The van der Waals surface area contributed by atoms with Gasteiger partial charge in [0.2, 0.25) is 5.91 Å². The van der Waals surface area contributed by atoms with E-state index in [-0.39, 0.29) is 5.91 Å². The summed E-state index contributed by atoms with van der Waals surface area (Å²) >= 11 is 2.27. The average molecular weight is 318 g/mol. The minimum atomic E-state index is 0.0935. The van der Waals surface area contributed by atoms with Crippen LogP contribution in [0.4, 0.5) is 5.69 Å². The zero-order chi connectivity index (χ0) is 11.1. The van der Waals surface area contributed by atoms with Gasteiger partial charge in [-0.05, 0) is 41.6 Å². The third-order valence-corrected chi connectivity index (χ3v) is 2.86. The Morgan fingerprint density at radius 3 is 2.80 bits per heavy atom. The Kier molecular flexibility index (Phi) is 5.45. The SMILES string of the molecule is CCNC(=O)CCNc1ccccc1I. The second kappa shape index (κ2) is 6.66. The fourth-order valence-electron chi connectivity index (χ4n) is 1.20. The van der Waals surface area contributed by atoms with Crippen molar-refractivity contribution in [2.45, 2.75) is 13.3 Å². The molecule has 1 aromatic carbocycles. The molecule has 1 rings (SSSR count). The second-order valence-corrected chi connectivity index (χ2v) is 4.27. The number of anilines is 1. The lowest BCUT2D eigenvalue weighted by Gasteiger charge is -2.07. The van der Waals surface area contributed by atoms with Crippen LogP contribution in [-0.2, 0) is 4.79 Å². The van der Waals surface area contributed by atoms with E-state index in [0.29, 0.717) is 19.5 Å². The monoisotopic (exact) mass is 318 g/mol. The fraction of sp³-hybridized carbons (Fsp3) is 0.364. The first-order chi connectivity index (χ1) is 7.24. The summed E-state index contributed by atoms with van der Waals surface area (Å²) < 4.78 is 1.17. The van der Waals surface area contributed by atoms with E-state index < -0.39 is 0 Å². The first kappa shape index (κ1) is 12.3. The molecule has 1 aromatic rings. The number of benzene rings is 1. The van der Waals surface area contributed by atoms with Crippen molar-refractivity contribution in [1.29, 1.82) is 0 Å². The van der Waals surface area contributed by atoms with Gasteiger partial charge in [-0.25, -0.2) is 0 Å². The van der Waals surface area contributed by atoms with Gasteiger partial charge in [0.1, 0.15) is 0 Å². The molecule has 3 nitrogen and oxygen atoms in total. The van der Waals surface area contributed by atoms with Crippen molar-refractivity contribution >= 4 is 34.2 Å². The molecule has 0 saturated carbocycles. The van der Waals surface area contributed by atoms with E-state index in [9.17, 15) is 4.79 Å². The lowest BCUT2D eigenvalue weighted by molar-refractivity contribution is -0.120. The Balaban J connectivity index is 2.32. The van der Waals surface area contributed by atoms with Crippen molar-refractivity contribution in [1.82, 2.24) is 5.32 Å². The summed E-state index contributed by atoms with van der Waals surface area (Å²) in [6.45, 7) is 3.29. The van der Waals surface area contributed by atoms with Gasteiger partial charge in [0.25, 0.3) is 0 Å². The summed E-state index contributed by atoms with van der Waals surface area (Å²) in [5.74, 6) is 0.0935. The zero-order valence-electron chi connectivity index (χ0n) is 8.72. The molecule has 0 heterocycles. The molecule has 0 aliphatic carbocycles. The second-order valence-electron chi connectivity index (χ2n) is 3.11. The number of carbonyl (C=O) groups is 1. The molecule has 0 aliphatic heterocycles. The van der Waals surface area contributed by atoms with Crippen LogP contribution in [0.3, 0.4) is 0 Å². The highest BCUT2D eigenvalue weighted by Gasteiger charge is 2.00. The summed E-state index contributed by atoms with van der Waals surface area (Å²) in [6, 6.07) is 8.03. The van der Waals surface area contributed by atoms with Crippen LogP contribution in [0.25, 0.3) is 0 Å². The number of hydrogen-bond acceptors (Lipinski definition) is 2. The van der Waals surface area contributed by atoms with Crippen molar-refractivity contribution in [2.75, 3.05) is 18.4 Å². The van der Waals surface area contributed by atoms with Crippen molar-refractivity contribution in [2.24, 2.45) is 0 Å². The smallest absolute Gasteiger partial charge is 0.221 e. The van der Waals surface area contributed by atoms with Gasteiger partial charge in [-0.2, -0.15) is 0 Å². The van der Waals surface area contributed by atoms with Gasteiger partial charge in [-0.1, -0.05) is 12.1 Å². The Hall–Kier alpha value is -0.780. The molecule has 0 aliphatic rings. The molecule has 82 valence electrons. The van der Waals surface area contributed by atoms with Crippen LogP contribution >= 0.6 is 22.6 Å². The lowest BCUT2D eigenvalue weighted by Crippen LogP contribution is -2.24. The maximum Gasteiger partial charge on any atom is 0.221 e. The molecule has 0 unspecified atom stereocenters. The van der Waals surface area contributed by atoms with Crippen LogP contribution in [0, 0.1) is 3.57 Å². The predicted octanol–water partition coefficient (Wildman–Crippen LogP) is 2.23. The van der Waals surface area contributed by atoms with E-state index in [2.05, 4.69) is 33.2 Å².